The highest BCUT2D eigenvalue weighted by molar-refractivity contribution is 5.42. The molecule has 0 saturated carbocycles. The summed E-state index contributed by atoms with van der Waals surface area (Å²) in [4.78, 5) is 0. The Balaban J connectivity index is 2.46. The summed E-state index contributed by atoms with van der Waals surface area (Å²) in [6.45, 7) is 8.47. The molecule has 0 aliphatic heterocycles. The SMILES string of the molecule is CCc1ccc(C(O)c2c(C)cccc2C)cc1CC. The van der Waals surface area contributed by atoms with Crippen LogP contribution in [-0.4, -0.2) is 5.11 Å². The monoisotopic (exact) mass is 268 g/mol. The first-order valence-corrected chi connectivity index (χ1v) is 7.44. The molecule has 0 radical (unpaired) electrons. The van der Waals surface area contributed by atoms with Crippen molar-refractivity contribution in [3.63, 3.8) is 0 Å². The minimum Gasteiger partial charge on any atom is -0.384 e. The molecule has 0 amide bonds. The maximum atomic E-state index is 10.7. The summed E-state index contributed by atoms with van der Waals surface area (Å²) in [5, 5.41) is 10.7. The zero-order chi connectivity index (χ0) is 14.7. The molecule has 1 N–H and O–H groups in total. The molecule has 106 valence electrons. The standard InChI is InChI=1S/C19H24O/c1-5-15-10-11-17(12-16(15)6-2)19(20)18-13(3)8-7-9-14(18)4/h7-12,19-20H,5-6H2,1-4H3. The number of hydrogen-bond acceptors (Lipinski definition) is 1. The second-order valence-corrected chi connectivity index (χ2v) is 5.44. The highest BCUT2D eigenvalue weighted by Gasteiger charge is 2.16. The van der Waals surface area contributed by atoms with E-state index in [0.29, 0.717) is 0 Å². The van der Waals surface area contributed by atoms with Crippen LogP contribution >= 0.6 is 0 Å². The first-order chi connectivity index (χ1) is 9.58. The molecule has 2 aromatic rings. The largest absolute Gasteiger partial charge is 0.384 e. The van der Waals surface area contributed by atoms with E-state index in [2.05, 4.69) is 58.0 Å². The van der Waals surface area contributed by atoms with Gasteiger partial charge in [-0.1, -0.05) is 50.2 Å². The highest BCUT2D eigenvalue weighted by atomic mass is 16.3. The van der Waals surface area contributed by atoms with Crippen LogP contribution in [-0.2, 0) is 12.8 Å². The van der Waals surface area contributed by atoms with E-state index in [0.717, 1.165) is 35.1 Å². The molecule has 1 atom stereocenters. The Morgan fingerprint density at radius 2 is 1.50 bits per heavy atom. The first kappa shape index (κ1) is 14.8. The van der Waals surface area contributed by atoms with Crippen LogP contribution in [0.25, 0.3) is 0 Å². The van der Waals surface area contributed by atoms with Gasteiger partial charge in [0.25, 0.3) is 0 Å². The van der Waals surface area contributed by atoms with Crippen LogP contribution in [0.5, 0.6) is 0 Å². The highest BCUT2D eigenvalue weighted by Crippen LogP contribution is 2.29. The van der Waals surface area contributed by atoms with Crippen LogP contribution in [0.2, 0.25) is 0 Å². The maximum Gasteiger partial charge on any atom is 0.105 e. The van der Waals surface area contributed by atoms with Crippen molar-refractivity contribution < 1.29 is 5.11 Å². The van der Waals surface area contributed by atoms with E-state index in [-0.39, 0.29) is 0 Å². The minimum absolute atomic E-state index is 0.535. The van der Waals surface area contributed by atoms with E-state index in [9.17, 15) is 5.11 Å². The molecule has 1 unspecified atom stereocenters. The van der Waals surface area contributed by atoms with Crippen molar-refractivity contribution in [3.8, 4) is 0 Å². The van der Waals surface area contributed by atoms with Crippen LogP contribution in [0.1, 0.15) is 53.3 Å². The number of rotatable bonds is 4. The number of benzene rings is 2. The van der Waals surface area contributed by atoms with Crippen molar-refractivity contribution >= 4 is 0 Å². The summed E-state index contributed by atoms with van der Waals surface area (Å²) in [7, 11) is 0. The first-order valence-electron chi connectivity index (χ1n) is 7.44. The smallest absolute Gasteiger partial charge is 0.105 e. The van der Waals surface area contributed by atoms with Crippen molar-refractivity contribution in [1.82, 2.24) is 0 Å². The topological polar surface area (TPSA) is 20.2 Å². The third kappa shape index (κ3) is 2.78. The van der Waals surface area contributed by atoms with Gasteiger partial charge in [-0.15, -0.1) is 0 Å². The summed E-state index contributed by atoms with van der Waals surface area (Å²) in [5.41, 5.74) is 7.06. The molecule has 0 aliphatic carbocycles. The van der Waals surface area contributed by atoms with Gasteiger partial charge in [0.2, 0.25) is 0 Å². The van der Waals surface area contributed by atoms with Crippen molar-refractivity contribution in [2.24, 2.45) is 0 Å². The molecule has 1 nitrogen and oxygen atoms in total. The van der Waals surface area contributed by atoms with Gasteiger partial charge in [-0.25, -0.2) is 0 Å². The zero-order valence-electron chi connectivity index (χ0n) is 12.9. The van der Waals surface area contributed by atoms with E-state index < -0.39 is 6.10 Å². The number of hydrogen-bond donors (Lipinski definition) is 1. The minimum atomic E-state index is -0.535. The van der Waals surface area contributed by atoms with Crippen molar-refractivity contribution in [2.45, 2.75) is 46.6 Å². The van der Waals surface area contributed by atoms with Crippen LogP contribution in [0.4, 0.5) is 0 Å². The van der Waals surface area contributed by atoms with E-state index in [1.807, 2.05) is 6.07 Å². The van der Waals surface area contributed by atoms with E-state index in [1.54, 1.807) is 0 Å². The summed E-state index contributed by atoms with van der Waals surface area (Å²) in [6.07, 6.45) is 1.52. The normalized spacial score (nSPS) is 12.4. The fourth-order valence-corrected chi connectivity index (χ4v) is 2.92. The average molecular weight is 268 g/mol. The fourth-order valence-electron chi connectivity index (χ4n) is 2.92. The van der Waals surface area contributed by atoms with E-state index in [1.165, 1.54) is 11.1 Å². The molecule has 0 heterocycles. The lowest BCUT2D eigenvalue weighted by molar-refractivity contribution is 0.218. The lowest BCUT2D eigenvalue weighted by atomic mass is 9.91. The second-order valence-electron chi connectivity index (χ2n) is 5.44. The molecule has 0 spiro atoms. The summed E-state index contributed by atoms with van der Waals surface area (Å²) < 4.78 is 0. The average Bonchev–Trinajstić information content (AvgIpc) is 2.46. The molecule has 20 heavy (non-hydrogen) atoms. The van der Waals surface area contributed by atoms with Crippen molar-refractivity contribution in [2.75, 3.05) is 0 Å². The Labute approximate surface area is 122 Å². The summed E-state index contributed by atoms with van der Waals surface area (Å²) >= 11 is 0. The molecule has 1 heteroatoms. The summed E-state index contributed by atoms with van der Waals surface area (Å²) in [5.74, 6) is 0. The van der Waals surface area contributed by atoms with Gasteiger partial charge in [-0.05, 0) is 60.1 Å². The zero-order valence-corrected chi connectivity index (χ0v) is 12.9. The van der Waals surface area contributed by atoms with Crippen LogP contribution in [0, 0.1) is 13.8 Å². The molecule has 0 fully saturated rings. The molecular weight excluding hydrogens is 244 g/mol. The van der Waals surface area contributed by atoms with Gasteiger partial charge in [0, 0.05) is 0 Å². The predicted octanol–water partition coefficient (Wildman–Crippen LogP) is 4.51. The number of aliphatic hydroxyl groups is 1. The van der Waals surface area contributed by atoms with Gasteiger partial charge in [-0.3, -0.25) is 0 Å². The molecule has 2 rings (SSSR count). The Morgan fingerprint density at radius 3 is 2.05 bits per heavy atom. The Morgan fingerprint density at radius 1 is 0.900 bits per heavy atom. The number of aliphatic hydroxyl groups excluding tert-OH is 1. The quantitative estimate of drug-likeness (QED) is 0.865. The lowest BCUT2D eigenvalue weighted by Crippen LogP contribution is -2.06. The fraction of sp³-hybridized carbons (Fsp3) is 0.368. The Bertz CT molecular complexity index is 578. The van der Waals surface area contributed by atoms with Gasteiger partial charge in [0.05, 0.1) is 0 Å². The summed E-state index contributed by atoms with van der Waals surface area (Å²) in [6, 6.07) is 12.5. The molecular formula is C19H24O. The molecule has 0 aliphatic rings. The number of aryl methyl sites for hydroxylation is 4. The third-order valence-corrected chi connectivity index (χ3v) is 4.12. The molecule has 0 saturated heterocycles. The predicted molar refractivity (Wildman–Crippen MR) is 85.2 cm³/mol. The van der Waals surface area contributed by atoms with E-state index in [4.69, 9.17) is 0 Å². The molecule has 2 aromatic carbocycles. The van der Waals surface area contributed by atoms with Crippen LogP contribution in [0.3, 0.4) is 0 Å². The lowest BCUT2D eigenvalue weighted by Gasteiger charge is -2.18. The van der Waals surface area contributed by atoms with E-state index >= 15 is 0 Å². The van der Waals surface area contributed by atoms with Crippen LogP contribution < -0.4 is 0 Å². The van der Waals surface area contributed by atoms with Gasteiger partial charge in [-0.2, -0.15) is 0 Å². The second kappa shape index (κ2) is 6.23. The van der Waals surface area contributed by atoms with Crippen LogP contribution in [0.15, 0.2) is 36.4 Å². The maximum absolute atomic E-state index is 10.7. The molecule has 0 bridgehead atoms. The van der Waals surface area contributed by atoms with Gasteiger partial charge >= 0.3 is 0 Å². The Kier molecular flexibility index (Phi) is 4.61. The van der Waals surface area contributed by atoms with Gasteiger partial charge in [0.15, 0.2) is 0 Å². The van der Waals surface area contributed by atoms with Crippen molar-refractivity contribution in [3.05, 3.63) is 69.8 Å². The third-order valence-electron chi connectivity index (χ3n) is 4.12. The van der Waals surface area contributed by atoms with Crippen molar-refractivity contribution in [1.29, 1.82) is 0 Å². The molecule has 0 aromatic heterocycles. The Hall–Kier alpha value is -1.60. The van der Waals surface area contributed by atoms with Gasteiger partial charge in [0.1, 0.15) is 6.10 Å². The van der Waals surface area contributed by atoms with Gasteiger partial charge < -0.3 is 5.11 Å².